The number of aliphatic hydroxyl groups excluding tert-OH is 2. The van der Waals surface area contributed by atoms with Crippen molar-refractivity contribution in [3.05, 3.63) is 0 Å². The highest BCUT2D eigenvalue weighted by Crippen LogP contribution is 2.43. The standard InChI is InChI=1S/C15H29NO3/c1-10(17)11-6-7-16(8-11)9-12-13(18)15(4,5)19-14(12,2)3/h10-13,17-18H,6-9H2,1-5H3. The molecule has 0 aromatic carbocycles. The smallest absolute Gasteiger partial charge is 0.0896 e. The predicted octanol–water partition coefficient (Wildman–Crippen LogP) is 1.25. The molecule has 0 aromatic rings. The van der Waals surface area contributed by atoms with Crippen LogP contribution >= 0.6 is 0 Å². The average Bonchev–Trinajstić information content (AvgIpc) is 2.76. The molecular weight excluding hydrogens is 242 g/mol. The monoisotopic (exact) mass is 271 g/mol. The molecule has 0 bridgehead atoms. The Hall–Kier alpha value is -0.160. The van der Waals surface area contributed by atoms with Gasteiger partial charge in [-0.1, -0.05) is 0 Å². The second kappa shape index (κ2) is 4.99. The topological polar surface area (TPSA) is 52.9 Å². The van der Waals surface area contributed by atoms with Crippen molar-refractivity contribution in [3.63, 3.8) is 0 Å². The largest absolute Gasteiger partial charge is 0.393 e. The minimum atomic E-state index is -0.475. The van der Waals surface area contributed by atoms with Gasteiger partial charge in [0.1, 0.15) is 0 Å². The third-order valence-electron chi connectivity index (χ3n) is 4.96. The first kappa shape index (κ1) is 15.2. The van der Waals surface area contributed by atoms with Gasteiger partial charge in [-0.15, -0.1) is 0 Å². The maximum Gasteiger partial charge on any atom is 0.0896 e. The van der Waals surface area contributed by atoms with Crippen LogP contribution in [-0.2, 0) is 4.74 Å². The molecule has 2 rings (SSSR count). The predicted molar refractivity (Wildman–Crippen MR) is 75.0 cm³/mol. The van der Waals surface area contributed by atoms with Crippen molar-refractivity contribution in [2.45, 2.75) is 64.4 Å². The molecule has 4 unspecified atom stereocenters. The molecule has 2 fully saturated rings. The first-order chi connectivity index (χ1) is 8.63. The minimum absolute atomic E-state index is 0.121. The van der Waals surface area contributed by atoms with E-state index < -0.39 is 11.7 Å². The van der Waals surface area contributed by atoms with E-state index in [-0.39, 0.29) is 17.6 Å². The molecule has 0 saturated carbocycles. The normalized spacial score (nSPS) is 39.6. The molecule has 19 heavy (non-hydrogen) atoms. The molecular formula is C15H29NO3. The average molecular weight is 271 g/mol. The first-order valence-corrected chi connectivity index (χ1v) is 7.42. The fourth-order valence-corrected chi connectivity index (χ4v) is 3.70. The van der Waals surface area contributed by atoms with Crippen LogP contribution in [-0.4, -0.2) is 58.2 Å². The van der Waals surface area contributed by atoms with Crippen molar-refractivity contribution < 1.29 is 14.9 Å². The lowest BCUT2D eigenvalue weighted by atomic mass is 9.84. The summed E-state index contributed by atoms with van der Waals surface area (Å²) in [4.78, 5) is 2.36. The molecule has 2 aliphatic heterocycles. The quantitative estimate of drug-likeness (QED) is 0.811. The van der Waals surface area contributed by atoms with E-state index in [0.29, 0.717) is 5.92 Å². The van der Waals surface area contributed by atoms with Gasteiger partial charge >= 0.3 is 0 Å². The van der Waals surface area contributed by atoms with Gasteiger partial charge in [0.25, 0.3) is 0 Å². The highest BCUT2D eigenvalue weighted by molar-refractivity contribution is 5.02. The van der Waals surface area contributed by atoms with Crippen LogP contribution in [0, 0.1) is 11.8 Å². The Kier molecular flexibility index (Phi) is 4.00. The lowest BCUT2D eigenvalue weighted by Crippen LogP contribution is -2.43. The lowest BCUT2D eigenvalue weighted by Gasteiger charge is -2.30. The third-order valence-corrected chi connectivity index (χ3v) is 4.96. The van der Waals surface area contributed by atoms with Crippen LogP contribution in [0.4, 0.5) is 0 Å². The Bertz CT molecular complexity index is 327. The van der Waals surface area contributed by atoms with E-state index in [9.17, 15) is 10.2 Å². The molecule has 4 heteroatoms. The maximum atomic E-state index is 10.5. The second-order valence-corrected chi connectivity index (χ2v) is 7.41. The maximum absolute atomic E-state index is 10.5. The van der Waals surface area contributed by atoms with Gasteiger partial charge in [-0.3, -0.25) is 0 Å². The molecule has 0 spiro atoms. The highest BCUT2D eigenvalue weighted by atomic mass is 16.5. The number of hydrogen-bond acceptors (Lipinski definition) is 4. The van der Waals surface area contributed by atoms with Gasteiger partial charge < -0.3 is 19.8 Å². The van der Waals surface area contributed by atoms with Crippen LogP contribution in [0.2, 0.25) is 0 Å². The first-order valence-electron chi connectivity index (χ1n) is 7.42. The van der Waals surface area contributed by atoms with E-state index in [1.807, 2.05) is 20.8 Å². The molecule has 2 heterocycles. The number of hydrogen-bond donors (Lipinski definition) is 2. The number of ether oxygens (including phenoxy) is 1. The van der Waals surface area contributed by atoms with E-state index >= 15 is 0 Å². The zero-order chi connectivity index (χ0) is 14.4. The van der Waals surface area contributed by atoms with Gasteiger partial charge in [-0.05, 0) is 53.5 Å². The van der Waals surface area contributed by atoms with E-state index in [2.05, 4.69) is 18.7 Å². The fraction of sp³-hybridized carbons (Fsp3) is 1.00. The minimum Gasteiger partial charge on any atom is -0.393 e. The van der Waals surface area contributed by atoms with Crippen molar-refractivity contribution >= 4 is 0 Å². The summed E-state index contributed by atoms with van der Waals surface area (Å²) in [6.45, 7) is 12.7. The van der Waals surface area contributed by atoms with Gasteiger partial charge in [-0.25, -0.2) is 0 Å². The van der Waals surface area contributed by atoms with Crippen LogP contribution in [0.15, 0.2) is 0 Å². The fourth-order valence-electron chi connectivity index (χ4n) is 3.70. The lowest BCUT2D eigenvalue weighted by molar-refractivity contribution is -0.0912. The van der Waals surface area contributed by atoms with Crippen molar-refractivity contribution in [3.8, 4) is 0 Å². The molecule has 2 aliphatic rings. The summed E-state index contributed by atoms with van der Waals surface area (Å²) in [5.41, 5.74) is -0.774. The van der Waals surface area contributed by atoms with Crippen molar-refractivity contribution in [1.29, 1.82) is 0 Å². The molecule has 0 radical (unpaired) electrons. The second-order valence-electron chi connectivity index (χ2n) is 7.41. The Labute approximate surface area is 116 Å². The molecule has 2 saturated heterocycles. The van der Waals surface area contributed by atoms with E-state index in [0.717, 1.165) is 26.1 Å². The van der Waals surface area contributed by atoms with Crippen LogP contribution in [0.25, 0.3) is 0 Å². The number of aliphatic hydroxyl groups is 2. The zero-order valence-corrected chi connectivity index (χ0v) is 12.9. The molecule has 0 amide bonds. The molecule has 0 aliphatic carbocycles. The van der Waals surface area contributed by atoms with E-state index in [4.69, 9.17) is 4.74 Å². The van der Waals surface area contributed by atoms with Crippen LogP contribution in [0.1, 0.15) is 41.0 Å². The Balaban J connectivity index is 1.99. The van der Waals surface area contributed by atoms with Crippen LogP contribution in [0.5, 0.6) is 0 Å². The van der Waals surface area contributed by atoms with Gasteiger partial charge in [0, 0.05) is 19.0 Å². The van der Waals surface area contributed by atoms with Gasteiger partial charge in [-0.2, -0.15) is 0 Å². The van der Waals surface area contributed by atoms with E-state index in [1.54, 1.807) is 0 Å². The summed E-state index contributed by atoms with van der Waals surface area (Å²) < 4.78 is 6.02. The molecule has 4 nitrogen and oxygen atoms in total. The van der Waals surface area contributed by atoms with Crippen molar-refractivity contribution in [2.24, 2.45) is 11.8 Å². The van der Waals surface area contributed by atoms with Crippen LogP contribution in [0.3, 0.4) is 0 Å². The SMILES string of the molecule is CC(O)C1CCN(CC2C(O)C(C)(C)OC2(C)C)C1. The van der Waals surface area contributed by atoms with Crippen molar-refractivity contribution in [2.75, 3.05) is 19.6 Å². The Morgan fingerprint density at radius 3 is 2.32 bits per heavy atom. The summed E-state index contributed by atoms with van der Waals surface area (Å²) in [6, 6.07) is 0. The Morgan fingerprint density at radius 2 is 1.89 bits per heavy atom. The van der Waals surface area contributed by atoms with Gasteiger partial charge in [0.15, 0.2) is 0 Å². The summed E-state index contributed by atoms with van der Waals surface area (Å²) >= 11 is 0. The zero-order valence-electron chi connectivity index (χ0n) is 12.9. The summed E-state index contributed by atoms with van der Waals surface area (Å²) in [5, 5.41) is 20.2. The number of nitrogens with zero attached hydrogens (tertiary/aromatic N) is 1. The number of likely N-dealkylation sites (tertiary alicyclic amines) is 1. The van der Waals surface area contributed by atoms with Crippen LogP contribution < -0.4 is 0 Å². The molecule has 2 N–H and O–H groups in total. The number of rotatable bonds is 3. The van der Waals surface area contributed by atoms with Gasteiger partial charge in [0.2, 0.25) is 0 Å². The summed E-state index contributed by atoms with van der Waals surface area (Å²) in [6.07, 6.45) is 0.373. The molecule has 4 atom stereocenters. The highest BCUT2D eigenvalue weighted by Gasteiger charge is 2.53. The summed E-state index contributed by atoms with van der Waals surface area (Å²) in [7, 11) is 0. The molecule has 0 aromatic heterocycles. The summed E-state index contributed by atoms with van der Waals surface area (Å²) in [5.74, 6) is 0.492. The Morgan fingerprint density at radius 1 is 1.26 bits per heavy atom. The molecule has 112 valence electrons. The third kappa shape index (κ3) is 2.97. The van der Waals surface area contributed by atoms with E-state index in [1.165, 1.54) is 0 Å². The van der Waals surface area contributed by atoms with Gasteiger partial charge in [0.05, 0.1) is 23.4 Å². The van der Waals surface area contributed by atoms with Crippen molar-refractivity contribution in [1.82, 2.24) is 4.90 Å².